The van der Waals surface area contributed by atoms with Crippen molar-refractivity contribution in [2.24, 2.45) is 4.99 Å². The number of hydrogen-bond acceptors (Lipinski definition) is 1. The normalized spacial score (nSPS) is 12.1. The van der Waals surface area contributed by atoms with Gasteiger partial charge < -0.3 is 0 Å². The maximum atomic E-state index is 4.43. The van der Waals surface area contributed by atoms with Gasteiger partial charge in [-0.2, -0.15) is 0 Å². The van der Waals surface area contributed by atoms with E-state index in [-0.39, 0.29) is 0 Å². The lowest BCUT2D eigenvalue weighted by molar-refractivity contribution is 0.908. The highest BCUT2D eigenvalue weighted by Gasteiger charge is 1.91. The van der Waals surface area contributed by atoms with Gasteiger partial charge in [-0.25, -0.2) is 0 Å². The van der Waals surface area contributed by atoms with E-state index in [1.54, 1.807) is 0 Å². The predicted octanol–water partition coefficient (Wildman–Crippen LogP) is 2.86. The Kier molecular flexibility index (Phi) is 6.56. The molecule has 0 amide bonds. The Balaban J connectivity index is 3.55. The Morgan fingerprint density at radius 1 is 1.40 bits per heavy atom. The van der Waals surface area contributed by atoms with Gasteiger partial charge in [0.1, 0.15) is 0 Å². The molecule has 0 aromatic heterocycles. The highest BCUT2D eigenvalue weighted by molar-refractivity contribution is 5.84. The monoisotopic (exact) mass is 140 g/mol. The van der Waals surface area contributed by atoms with Crippen LogP contribution in [0.2, 0.25) is 0 Å². The van der Waals surface area contributed by atoms with Crippen LogP contribution in [0.4, 0.5) is 0 Å². The van der Waals surface area contributed by atoms with Crippen LogP contribution in [-0.2, 0) is 0 Å². The third-order valence-corrected chi connectivity index (χ3v) is 1.43. The minimum atomic E-state index is 0.983. The Labute approximate surface area is 64.6 Å². The smallest absolute Gasteiger partial charge is 0.0386 e. The molecule has 0 aliphatic carbocycles. The molecular weight excluding hydrogens is 122 g/mol. The summed E-state index contributed by atoms with van der Waals surface area (Å²) in [5.41, 5.74) is 1.33. The molecule has 0 aromatic rings. The SMILES string of the molecule is [CH2]CC/C(CC)=N\CCC. The lowest BCUT2D eigenvalue weighted by Crippen LogP contribution is -1.96. The molecule has 0 aliphatic rings. The summed E-state index contributed by atoms with van der Waals surface area (Å²) in [5.74, 6) is 0. The van der Waals surface area contributed by atoms with E-state index < -0.39 is 0 Å². The van der Waals surface area contributed by atoms with Crippen molar-refractivity contribution >= 4 is 5.71 Å². The van der Waals surface area contributed by atoms with Gasteiger partial charge in [0.05, 0.1) is 0 Å². The minimum Gasteiger partial charge on any atom is -0.294 e. The van der Waals surface area contributed by atoms with Crippen molar-refractivity contribution < 1.29 is 0 Å². The van der Waals surface area contributed by atoms with Gasteiger partial charge in [0.15, 0.2) is 0 Å². The molecule has 1 heteroatoms. The number of nitrogens with zero attached hydrogens (tertiary/aromatic N) is 1. The van der Waals surface area contributed by atoms with Crippen LogP contribution in [0, 0.1) is 6.92 Å². The highest BCUT2D eigenvalue weighted by Crippen LogP contribution is 1.96. The summed E-state index contributed by atoms with van der Waals surface area (Å²) in [6, 6.07) is 0. The number of hydrogen-bond donors (Lipinski definition) is 0. The maximum absolute atomic E-state index is 4.43. The van der Waals surface area contributed by atoms with Crippen molar-refractivity contribution in [2.75, 3.05) is 6.54 Å². The van der Waals surface area contributed by atoms with Crippen LogP contribution >= 0.6 is 0 Å². The first-order chi connectivity index (χ1) is 4.85. The van der Waals surface area contributed by atoms with Gasteiger partial charge in [-0.15, -0.1) is 0 Å². The second-order valence-corrected chi connectivity index (χ2v) is 2.41. The third kappa shape index (κ3) is 4.54. The molecule has 0 unspecified atom stereocenters. The summed E-state index contributed by atoms with van der Waals surface area (Å²) in [7, 11) is 0. The fourth-order valence-electron chi connectivity index (χ4n) is 0.842. The third-order valence-electron chi connectivity index (χ3n) is 1.43. The first-order valence-electron chi connectivity index (χ1n) is 4.16. The van der Waals surface area contributed by atoms with Crippen molar-refractivity contribution in [3.05, 3.63) is 6.92 Å². The first kappa shape index (κ1) is 9.67. The fraction of sp³-hybridized carbons (Fsp3) is 0.778. The molecule has 0 heterocycles. The van der Waals surface area contributed by atoms with Crippen molar-refractivity contribution in [3.8, 4) is 0 Å². The van der Waals surface area contributed by atoms with Crippen LogP contribution in [0.5, 0.6) is 0 Å². The number of aliphatic imine (C=N–C) groups is 1. The van der Waals surface area contributed by atoms with Crippen LogP contribution in [-0.4, -0.2) is 12.3 Å². The van der Waals surface area contributed by atoms with E-state index in [0.29, 0.717) is 0 Å². The zero-order valence-corrected chi connectivity index (χ0v) is 7.19. The number of rotatable bonds is 5. The first-order valence-corrected chi connectivity index (χ1v) is 4.16. The van der Waals surface area contributed by atoms with Gasteiger partial charge in [-0.3, -0.25) is 4.99 Å². The Bertz CT molecular complexity index is 94.9. The van der Waals surface area contributed by atoms with Gasteiger partial charge in [-0.1, -0.05) is 20.8 Å². The molecule has 59 valence electrons. The molecule has 1 nitrogen and oxygen atoms in total. The summed E-state index contributed by atoms with van der Waals surface area (Å²) in [4.78, 5) is 4.43. The summed E-state index contributed by atoms with van der Waals surface area (Å²) in [5, 5.41) is 0. The minimum absolute atomic E-state index is 0.983. The molecule has 0 aromatic carbocycles. The highest BCUT2D eigenvalue weighted by atomic mass is 14.7. The Morgan fingerprint density at radius 3 is 2.50 bits per heavy atom. The van der Waals surface area contributed by atoms with Gasteiger partial charge in [0.2, 0.25) is 0 Å². The molecule has 0 fully saturated rings. The zero-order valence-electron chi connectivity index (χ0n) is 7.19. The van der Waals surface area contributed by atoms with Crippen molar-refractivity contribution in [3.63, 3.8) is 0 Å². The van der Waals surface area contributed by atoms with E-state index in [9.17, 15) is 0 Å². The average molecular weight is 140 g/mol. The van der Waals surface area contributed by atoms with Gasteiger partial charge in [-0.05, 0) is 25.7 Å². The van der Waals surface area contributed by atoms with Crippen molar-refractivity contribution in [1.29, 1.82) is 0 Å². The molecule has 0 saturated heterocycles. The quantitative estimate of drug-likeness (QED) is 0.521. The largest absolute Gasteiger partial charge is 0.294 e. The molecule has 0 atom stereocenters. The van der Waals surface area contributed by atoms with Crippen molar-refractivity contribution in [1.82, 2.24) is 0 Å². The second-order valence-electron chi connectivity index (χ2n) is 2.41. The van der Waals surface area contributed by atoms with Crippen LogP contribution in [0.25, 0.3) is 0 Å². The van der Waals surface area contributed by atoms with Crippen molar-refractivity contribution in [2.45, 2.75) is 39.5 Å². The molecule has 0 N–H and O–H groups in total. The van der Waals surface area contributed by atoms with Gasteiger partial charge >= 0.3 is 0 Å². The van der Waals surface area contributed by atoms with Crippen LogP contribution in [0.1, 0.15) is 39.5 Å². The maximum Gasteiger partial charge on any atom is 0.0386 e. The van der Waals surface area contributed by atoms with E-state index in [1.807, 2.05) is 0 Å². The summed E-state index contributed by atoms with van der Waals surface area (Å²) in [6.45, 7) is 9.10. The van der Waals surface area contributed by atoms with Crippen LogP contribution in [0.15, 0.2) is 4.99 Å². The molecular formula is C9H18N. The lowest BCUT2D eigenvalue weighted by atomic mass is 10.2. The molecule has 1 radical (unpaired) electrons. The average Bonchev–Trinajstić information content (AvgIpc) is 1.98. The summed E-state index contributed by atoms with van der Waals surface area (Å²) < 4.78 is 0. The lowest BCUT2D eigenvalue weighted by Gasteiger charge is -1.99. The van der Waals surface area contributed by atoms with E-state index in [2.05, 4.69) is 25.8 Å². The van der Waals surface area contributed by atoms with E-state index in [1.165, 1.54) is 5.71 Å². The summed E-state index contributed by atoms with van der Waals surface area (Å²) in [6.07, 6.45) is 4.31. The zero-order chi connectivity index (χ0) is 7.82. The molecule has 0 saturated carbocycles. The summed E-state index contributed by atoms with van der Waals surface area (Å²) >= 11 is 0. The molecule has 0 spiro atoms. The van der Waals surface area contributed by atoms with E-state index >= 15 is 0 Å². The standard InChI is InChI=1S/C9H18N/c1-4-7-9(6-3)10-8-5-2/h1,4-8H2,2-3H3/b10-9-. The Hall–Kier alpha value is -0.330. The molecule has 0 rings (SSSR count). The topological polar surface area (TPSA) is 12.4 Å². The second kappa shape index (κ2) is 6.79. The predicted molar refractivity (Wildman–Crippen MR) is 47.5 cm³/mol. The van der Waals surface area contributed by atoms with Crippen LogP contribution in [0.3, 0.4) is 0 Å². The van der Waals surface area contributed by atoms with Gasteiger partial charge in [0, 0.05) is 12.3 Å². The Morgan fingerprint density at radius 2 is 2.10 bits per heavy atom. The van der Waals surface area contributed by atoms with Gasteiger partial charge in [0.25, 0.3) is 0 Å². The van der Waals surface area contributed by atoms with Crippen LogP contribution < -0.4 is 0 Å². The molecule has 0 bridgehead atoms. The van der Waals surface area contributed by atoms with E-state index in [4.69, 9.17) is 0 Å². The molecule has 0 aliphatic heterocycles. The van der Waals surface area contributed by atoms with E-state index in [0.717, 1.165) is 32.2 Å². The molecule has 10 heavy (non-hydrogen) atoms. The fourth-order valence-corrected chi connectivity index (χ4v) is 0.842.